The van der Waals surface area contributed by atoms with Gasteiger partial charge in [0.1, 0.15) is 18.4 Å². The number of fused-ring (bicyclic) bond motifs is 1. The van der Waals surface area contributed by atoms with Crippen molar-refractivity contribution < 1.29 is 14.7 Å². The van der Waals surface area contributed by atoms with Crippen LogP contribution in [0.25, 0.3) is 11.0 Å². The number of carbonyl (C=O) groups excluding carboxylic acids is 1. The number of thioether (sulfide) groups is 1. The highest BCUT2D eigenvalue weighted by molar-refractivity contribution is 7.97. The van der Waals surface area contributed by atoms with Crippen LogP contribution in [0.5, 0.6) is 0 Å². The molecule has 0 unspecified atom stereocenters. The minimum absolute atomic E-state index is 0.0367. The number of para-hydroxylation sites is 2. The number of amides is 1. The topological polar surface area (TPSA) is 84.2 Å². The highest BCUT2D eigenvalue weighted by atomic mass is 32.2. The number of rotatable bonds is 8. The molecule has 0 bridgehead atoms. The molecule has 27 heavy (non-hydrogen) atoms. The van der Waals surface area contributed by atoms with E-state index >= 15 is 0 Å². The molecule has 2 N–H and O–H groups in total. The van der Waals surface area contributed by atoms with E-state index in [0.717, 1.165) is 22.4 Å². The van der Waals surface area contributed by atoms with Gasteiger partial charge < -0.3 is 15.0 Å². The third-order valence-corrected chi connectivity index (χ3v) is 4.77. The Hall–Kier alpha value is -2.80. The van der Waals surface area contributed by atoms with E-state index < -0.39 is 12.0 Å². The normalized spacial score (nSPS) is 12.0. The van der Waals surface area contributed by atoms with Crippen molar-refractivity contribution in [1.29, 1.82) is 0 Å². The van der Waals surface area contributed by atoms with E-state index in [4.69, 9.17) is 0 Å². The van der Waals surface area contributed by atoms with E-state index in [1.807, 2.05) is 65.4 Å². The Morgan fingerprint density at radius 2 is 1.85 bits per heavy atom. The maximum atomic E-state index is 12.6. The van der Waals surface area contributed by atoms with Gasteiger partial charge in [-0.1, -0.05) is 42.5 Å². The predicted molar refractivity (Wildman–Crippen MR) is 107 cm³/mol. The summed E-state index contributed by atoms with van der Waals surface area (Å²) in [6.07, 6.45) is 2.22. The minimum Gasteiger partial charge on any atom is -0.480 e. The summed E-state index contributed by atoms with van der Waals surface area (Å²) in [5.41, 5.74) is 2.56. The van der Waals surface area contributed by atoms with Crippen molar-refractivity contribution in [3.8, 4) is 0 Å². The maximum absolute atomic E-state index is 12.6. The Morgan fingerprint density at radius 3 is 2.56 bits per heavy atom. The molecule has 0 saturated heterocycles. The van der Waals surface area contributed by atoms with Gasteiger partial charge in [0.2, 0.25) is 5.91 Å². The molecule has 0 aliphatic rings. The first kappa shape index (κ1) is 19.0. The number of hydrogen-bond donors (Lipinski definition) is 2. The lowest BCUT2D eigenvalue weighted by Crippen LogP contribution is -2.43. The van der Waals surface area contributed by atoms with Gasteiger partial charge in [-0.05, 0) is 24.0 Å². The quantitative estimate of drug-likeness (QED) is 0.625. The first-order chi connectivity index (χ1) is 13.1. The van der Waals surface area contributed by atoms with Gasteiger partial charge in [-0.15, -0.1) is 0 Å². The van der Waals surface area contributed by atoms with Crippen LogP contribution in [0.4, 0.5) is 0 Å². The molecule has 0 aliphatic heterocycles. The van der Waals surface area contributed by atoms with Crippen molar-refractivity contribution in [2.45, 2.75) is 24.8 Å². The fraction of sp³-hybridized carbons (Fsp3) is 0.250. The summed E-state index contributed by atoms with van der Waals surface area (Å²) in [5, 5.41) is 12.1. The first-order valence-corrected chi connectivity index (χ1v) is 9.97. The predicted octanol–water partition coefficient (Wildman–Crippen LogP) is 2.71. The molecule has 1 amide bonds. The molecule has 0 radical (unpaired) electrons. The van der Waals surface area contributed by atoms with Crippen LogP contribution in [-0.2, 0) is 28.3 Å². The molecule has 7 heteroatoms. The molecule has 0 fully saturated rings. The minimum atomic E-state index is -1.05. The summed E-state index contributed by atoms with van der Waals surface area (Å²) in [6.45, 7) is 0.0367. The van der Waals surface area contributed by atoms with Crippen LogP contribution in [-0.4, -0.2) is 38.8 Å². The number of nitrogens with one attached hydrogen (secondary N) is 1. The molecule has 0 aliphatic carbocycles. The second-order valence-corrected chi connectivity index (χ2v) is 7.05. The van der Waals surface area contributed by atoms with E-state index in [0.29, 0.717) is 5.75 Å². The van der Waals surface area contributed by atoms with Crippen molar-refractivity contribution in [3.05, 3.63) is 66.0 Å². The number of benzene rings is 2. The number of nitrogens with zero attached hydrogens (tertiary/aromatic N) is 2. The average molecular weight is 383 g/mol. The van der Waals surface area contributed by atoms with Gasteiger partial charge >= 0.3 is 5.97 Å². The van der Waals surface area contributed by atoms with E-state index in [2.05, 4.69) is 10.3 Å². The molecule has 3 aromatic rings. The Labute approximate surface area is 161 Å². The van der Waals surface area contributed by atoms with Crippen LogP contribution in [0.3, 0.4) is 0 Å². The standard InChI is InChI=1S/C20H21N3O3S/c1-27-13-18-21-15-9-5-6-10-17(15)23(18)12-19(24)22-16(20(25)26)11-14-7-3-2-4-8-14/h2-10,16H,11-13H2,1H3,(H,22,24)(H,25,26)/t16-/m1/s1. The number of imidazole rings is 1. The Morgan fingerprint density at radius 1 is 1.15 bits per heavy atom. The van der Waals surface area contributed by atoms with Crippen LogP contribution in [0.2, 0.25) is 0 Å². The van der Waals surface area contributed by atoms with Crippen LogP contribution in [0, 0.1) is 0 Å². The van der Waals surface area contributed by atoms with Gasteiger partial charge in [0.25, 0.3) is 0 Å². The van der Waals surface area contributed by atoms with Gasteiger partial charge in [-0.25, -0.2) is 9.78 Å². The highest BCUT2D eigenvalue weighted by Crippen LogP contribution is 2.19. The molecule has 140 valence electrons. The molecular formula is C20H21N3O3S. The Kier molecular flexibility index (Phi) is 6.13. The second kappa shape index (κ2) is 8.73. The SMILES string of the molecule is CSCc1nc2ccccc2n1CC(=O)N[C@H](Cc1ccccc1)C(=O)O. The largest absolute Gasteiger partial charge is 0.480 e. The maximum Gasteiger partial charge on any atom is 0.326 e. The lowest BCUT2D eigenvalue weighted by molar-refractivity contribution is -0.141. The van der Waals surface area contributed by atoms with Crippen LogP contribution < -0.4 is 5.32 Å². The molecule has 1 atom stereocenters. The van der Waals surface area contributed by atoms with Crippen molar-refractivity contribution in [2.24, 2.45) is 0 Å². The summed E-state index contributed by atoms with van der Waals surface area (Å²) in [5.74, 6) is 0.0820. The zero-order valence-electron chi connectivity index (χ0n) is 15.0. The summed E-state index contributed by atoms with van der Waals surface area (Å²) in [4.78, 5) is 28.8. The van der Waals surface area contributed by atoms with E-state index in [1.165, 1.54) is 0 Å². The fourth-order valence-corrected chi connectivity index (χ4v) is 3.45. The van der Waals surface area contributed by atoms with Crippen molar-refractivity contribution in [2.75, 3.05) is 6.26 Å². The second-order valence-electron chi connectivity index (χ2n) is 6.18. The molecule has 0 spiro atoms. The molecule has 0 saturated carbocycles. The van der Waals surface area contributed by atoms with Gasteiger partial charge in [-0.3, -0.25) is 4.79 Å². The third-order valence-electron chi connectivity index (χ3n) is 4.22. The van der Waals surface area contributed by atoms with Gasteiger partial charge in [0.05, 0.1) is 16.8 Å². The number of carboxylic acids is 1. The molecule has 1 heterocycles. The van der Waals surface area contributed by atoms with Crippen LogP contribution in [0.15, 0.2) is 54.6 Å². The number of aromatic nitrogens is 2. The summed E-state index contributed by atoms with van der Waals surface area (Å²) >= 11 is 1.62. The molecule has 2 aromatic carbocycles. The first-order valence-electron chi connectivity index (χ1n) is 8.57. The number of aliphatic carboxylic acids is 1. The zero-order valence-corrected chi connectivity index (χ0v) is 15.8. The third kappa shape index (κ3) is 4.68. The summed E-state index contributed by atoms with van der Waals surface area (Å²) in [7, 11) is 0. The molecule has 1 aromatic heterocycles. The Balaban J connectivity index is 1.77. The zero-order chi connectivity index (χ0) is 19.2. The van der Waals surface area contributed by atoms with E-state index in [9.17, 15) is 14.7 Å². The fourth-order valence-electron chi connectivity index (χ4n) is 2.97. The number of carboxylic acid groups (broad SMARTS) is 1. The van der Waals surface area contributed by atoms with Crippen LogP contribution in [0.1, 0.15) is 11.4 Å². The smallest absolute Gasteiger partial charge is 0.326 e. The van der Waals surface area contributed by atoms with Gasteiger partial charge in [-0.2, -0.15) is 11.8 Å². The van der Waals surface area contributed by atoms with E-state index in [1.54, 1.807) is 11.8 Å². The molecule has 3 rings (SSSR count). The van der Waals surface area contributed by atoms with Gasteiger partial charge in [0.15, 0.2) is 0 Å². The number of hydrogen-bond acceptors (Lipinski definition) is 4. The summed E-state index contributed by atoms with van der Waals surface area (Å²) < 4.78 is 1.85. The van der Waals surface area contributed by atoms with Gasteiger partial charge in [0, 0.05) is 6.42 Å². The summed E-state index contributed by atoms with van der Waals surface area (Å²) in [6, 6.07) is 15.9. The highest BCUT2D eigenvalue weighted by Gasteiger charge is 2.21. The van der Waals surface area contributed by atoms with Crippen molar-refractivity contribution in [3.63, 3.8) is 0 Å². The van der Waals surface area contributed by atoms with Crippen molar-refractivity contribution >= 4 is 34.7 Å². The monoisotopic (exact) mass is 383 g/mol. The van der Waals surface area contributed by atoms with Crippen molar-refractivity contribution in [1.82, 2.24) is 14.9 Å². The van der Waals surface area contributed by atoms with E-state index in [-0.39, 0.29) is 18.9 Å². The Bertz CT molecular complexity index is 940. The lowest BCUT2D eigenvalue weighted by Gasteiger charge is -2.16. The lowest BCUT2D eigenvalue weighted by atomic mass is 10.1. The molecule has 6 nitrogen and oxygen atoms in total. The molecular weight excluding hydrogens is 362 g/mol. The average Bonchev–Trinajstić information content (AvgIpc) is 3.00. The van der Waals surface area contributed by atoms with Crippen LogP contribution >= 0.6 is 11.8 Å². The number of carbonyl (C=O) groups is 2.